The molecule has 0 saturated heterocycles. The number of methoxy groups -OCH3 is 1. The third kappa shape index (κ3) is 7.76. The highest BCUT2D eigenvalue weighted by Crippen LogP contribution is 2.36. The number of anilines is 1. The molecule has 33 heavy (non-hydrogen) atoms. The van der Waals surface area contributed by atoms with Gasteiger partial charge in [0.25, 0.3) is 5.91 Å². The van der Waals surface area contributed by atoms with E-state index in [0.29, 0.717) is 27.2 Å². The van der Waals surface area contributed by atoms with Crippen molar-refractivity contribution < 1.29 is 23.9 Å². The average molecular weight is 517 g/mol. The van der Waals surface area contributed by atoms with Crippen molar-refractivity contribution in [3.8, 4) is 11.5 Å². The Hall–Kier alpha value is -3.66. The monoisotopic (exact) mass is 516 g/mol. The Balaban J connectivity index is 2.01. The van der Waals surface area contributed by atoms with Crippen LogP contribution in [0.3, 0.4) is 0 Å². The molecule has 0 aromatic heterocycles. The van der Waals surface area contributed by atoms with Gasteiger partial charge in [-0.2, -0.15) is 5.10 Å². The first kappa shape index (κ1) is 25.6. The van der Waals surface area contributed by atoms with Crippen LogP contribution in [-0.4, -0.2) is 44.2 Å². The van der Waals surface area contributed by atoms with Gasteiger partial charge in [-0.3, -0.25) is 14.4 Å². The van der Waals surface area contributed by atoms with E-state index >= 15 is 0 Å². The second kappa shape index (κ2) is 12.4. The van der Waals surface area contributed by atoms with Crippen LogP contribution in [0.25, 0.3) is 0 Å². The normalized spacial score (nSPS) is 10.4. The van der Waals surface area contributed by atoms with Crippen molar-refractivity contribution in [3.63, 3.8) is 0 Å². The second-order valence-electron chi connectivity index (χ2n) is 6.89. The number of hydrazone groups is 1. The molecule has 2 rings (SSSR count). The van der Waals surface area contributed by atoms with Crippen LogP contribution in [0.1, 0.15) is 16.7 Å². The van der Waals surface area contributed by atoms with Crippen LogP contribution in [0.5, 0.6) is 11.5 Å². The number of rotatable bonds is 9. The van der Waals surface area contributed by atoms with Gasteiger partial charge in [0.15, 0.2) is 18.1 Å². The van der Waals surface area contributed by atoms with Gasteiger partial charge in [-0.15, -0.1) is 6.58 Å². The Morgan fingerprint density at radius 2 is 1.91 bits per heavy atom. The van der Waals surface area contributed by atoms with Crippen LogP contribution in [0, 0.1) is 13.8 Å². The molecule has 0 radical (unpaired) electrons. The van der Waals surface area contributed by atoms with Crippen molar-refractivity contribution in [1.82, 2.24) is 10.7 Å². The van der Waals surface area contributed by atoms with Crippen LogP contribution >= 0.6 is 15.9 Å². The molecule has 0 fully saturated rings. The molecule has 10 heteroatoms. The highest BCUT2D eigenvalue weighted by Gasteiger charge is 2.14. The lowest BCUT2D eigenvalue weighted by atomic mass is 10.1. The third-order valence-electron chi connectivity index (χ3n) is 4.25. The van der Waals surface area contributed by atoms with Crippen LogP contribution in [0.4, 0.5) is 5.69 Å². The number of hydrogen-bond donors (Lipinski definition) is 3. The number of halogens is 1. The summed E-state index contributed by atoms with van der Waals surface area (Å²) >= 11 is 3.39. The maximum absolute atomic E-state index is 12.3. The van der Waals surface area contributed by atoms with Crippen molar-refractivity contribution in [2.24, 2.45) is 5.10 Å². The number of hydrogen-bond acceptors (Lipinski definition) is 6. The summed E-state index contributed by atoms with van der Waals surface area (Å²) in [7, 11) is 1.46. The van der Waals surface area contributed by atoms with Gasteiger partial charge in [-0.1, -0.05) is 23.8 Å². The number of nitrogens with one attached hydrogen (secondary N) is 3. The second-order valence-corrected chi connectivity index (χ2v) is 7.74. The number of nitrogens with zero attached hydrogens (tertiary/aromatic N) is 1. The molecule has 3 N–H and O–H groups in total. The fourth-order valence-electron chi connectivity index (χ4n) is 2.69. The molecule has 0 aliphatic rings. The maximum atomic E-state index is 12.3. The summed E-state index contributed by atoms with van der Waals surface area (Å²) < 4.78 is 11.5. The van der Waals surface area contributed by atoms with Crippen LogP contribution in [-0.2, 0) is 14.4 Å². The summed E-state index contributed by atoms with van der Waals surface area (Å²) in [6.07, 6.45) is 2.79. The zero-order chi connectivity index (χ0) is 24.4. The van der Waals surface area contributed by atoms with E-state index < -0.39 is 11.8 Å². The SMILES string of the molecule is C=CCNC(=O)C(=O)N/N=C\c1cc(Br)c(OCC(=O)Nc2ccc(C)cc2C)c(OC)c1. The van der Waals surface area contributed by atoms with Crippen molar-refractivity contribution in [2.45, 2.75) is 13.8 Å². The summed E-state index contributed by atoms with van der Waals surface area (Å²) in [6, 6.07) is 9.00. The molecule has 0 aliphatic carbocycles. The Bertz CT molecular complexity index is 1080. The molecule has 2 aromatic rings. The molecule has 9 nitrogen and oxygen atoms in total. The lowest BCUT2D eigenvalue weighted by Crippen LogP contribution is -2.37. The molecule has 0 heterocycles. The van der Waals surface area contributed by atoms with Gasteiger partial charge in [0.1, 0.15) is 0 Å². The predicted octanol–water partition coefficient (Wildman–Crippen LogP) is 2.84. The van der Waals surface area contributed by atoms with E-state index in [1.165, 1.54) is 19.4 Å². The Morgan fingerprint density at radius 3 is 2.58 bits per heavy atom. The molecule has 2 aromatic carbocycles. The molecule has 3 amide bonds. The summed E-state index contributed by atoms with van der Waals surface area (Å²) in [5.74, 6) is -1.37. The number of carbonyl (C=O) groups excluding carboxylic acids is 3. The fourth-order valence-corrected chi connectivity index (χ4v) is 3.27. The number of ether oxygens (including phenoxy) is 2. The van der Waals surface area contributed by atoms with E-state index in [-0.39, 0.29) is 19.1 Å². The molecule has 0 spiro atoms. The minimum Gasteiger partial charge on any atom is -0.493 e. The third-order valence-corrected chi connectivity index (χ3v) is 4.84. The summed E-state index contributed by atoms with van der Waals surface area (Å²) in [5.41, 5.74) is 5.46. The van der Waals surface area contributed by atoms with Gasteiger partial charge in [-0.05, 0) is 59.1 Å². The van der Waals surface area contributed by atoms with Crippen molar-refractivity contribution in [3.05, 3.63) is 64.1 Å². The first-order chi connectivity index (χ1) is 15.7. The van der Waals surface area contributed by atoms with Gasteiger partial charge in [-0.25, -0.2) is 5.43 Å². The molecule has 0 aliphatic heterocycles. The summed E-state index contributed by atoms with van der Waals surface area (Å²) in [6.45, 7) is 7.29. The molecule has 174 valence electrons. The minimum absolute atomic E-state index is 0.171. The molecular weight excluding hydrogens is 492 g/mol. The van der Waals surface area contributed by atoms with Crippen molar-refractivity contribution in [1.29, 1.82) is 0 Å². The lowest BCUT2D eigenvalue weighted by Gasteiger charge is -2.14. The topological polar surface area (TPSA) is 118 Å². The number of carbonyl (C=O) groups is 3. The van der Waals surface area contributed by atoms with Gasteiger partial charge in [0.2, 0.25) is 0 Å². The van der Waals surface area contributed by atoms with Crippen molar-refractivity contribution in [2.75, 3.05) is 25.6 Å². The van der Waals surface area contributed by atoms with E-state index in [1.54, 1.807) is 12.1 Å². The summed E-state index contributed by atoms with van der Waals surface area (Å²) in [5, 5.41) is 8.92. The van der Waals surface area contributed by atoms with E-state index in [2.05, 4.69) is 43.7 Å². The zero-order valence-electron chi connectivity index (χ0n) is 18.5. The van der Waals surface area contributed by atoms with Gasteiger partial charge in [0, 0.05) is 12.2 Å². The first-order valence-electron chi connectivity index (χ1n) is 9.84. The standard InChI is InChI=1S/C23H25BrN4O5/c1-5-8-25-22(30)23(31)28-26-12-16-10-17(24)21(19(11-16)32-4)33-13-20(29)27-18-7-6-14(2)9-15(18)3/h5-7,9-12H,1,8,13H2,2-4H3,(H,25,30)(H,27,29)(H,28,31)/b26-12-. The molecule has 0 atom stereocenters. The highest BCUT2D eigenvalue weighted by atomic mass is 79.9. The minimum atomic E-state index is -0.908. The van der Waals surface area contributed by atoms with Gasteiger partial charge < -0.3 is 20.1 Å². The predicted molar refractivity (Wildman–Crippen MR) is 130 cm³/mol. The quantitative estimate of drug-likeness (QED) is 0.205. The van der Waals surface area contributed by atoms with E-state index in [0.717, 1.165) is 11.1 Å². The number of benzene rings is 2. The zero-order valence-corrected chi connectivity index (χ0v) is 20.1. The largest absolute Gasteiger partial charge is 0.493 e. The maximum Gasteiger partial charge on any atom is 0.329 e. The lowest BCUT2D eigenvalue weighted by molar-refractivity contribution is -0.139. The average Bonchev–Trinajstić information content (AvgIpc) is 2.78. The molecule has 0 unspecified atom stereocenters. The highest BCUT2D eigenvalue weighted by molar-refractivity contribution is 9.10. The van der Waals surface area contributed by atoms with Gasteiger partial charge >= 0.3 is 11.8 Å². The number of amides is 3. The van der Waals surface area contributed by atoms with E-state index in [9.17, 15) is 14.4 Å². The van der Waals surface area contributed by atoms with Crippen LogP contribution in [0.15, 0.2) is 52.6 Å². The molecular formula is C23H25BrN4O5. The Kier molecular flexibility index (Phi) is 9.62. The first-order valence-corrected chi connectivity index (χ1v) is 10.6. The molecule has 0 saturated carbocycles. The van der Waals surface area contributed by atoms with E-state index in [4.69, 9.17) is 9.47 Å². The molecule has 0 bridgehead atoms. The Labute approximate surface area is 200 Å². The van der Waals surface area contributed by atoms with E-state index in [1.807, 2.05) is 32.0 Å². The van der Waals surface area contributed by atoms with Gasteiger partial charge in [0.05, 0.1) is 17.8 Å². The van der Waals surface area contributed by atoms with Crippen LogP contribution in [0.2, 0.25) is 0 Å². The smallest absolute Gasteiger partial charge is 0.329 e. The van der Waals surface area contributed by atoms with Crippen molar-refractivity contribution >= 4 is 45.6 Å². The summed E-state index contributed by atoms with van der Waals surface area (Å²) in [4.78, 5) is 35.5. The Morgan fingerprint density at radius 1 is 1.15 bits per heavy atom. The van der Waals surface area contributed by atoms with Crippen LogP contribution < -0.4 is 25.5 Å². The fraction of sp³-hybridized carbons (Fsp3) is 0.217. The number of aryl methyl sites for hydroxylation is 2.